The molecule has 110 valence electrons. The summed E-state index contributed by atoms with van der Waals surface area (Å²) in [5.41, 5.74) is 1.81. The average Bonchev–Trinajstić information content (AvgIpc) is 3.00. The topological polar surface area (TPSA) is 59.2 Å². The molecule has 0 atom stereocenters. The Balaban J connectivity index is 1.94. The van der Waals surface area contributed by atoms with Gasteiger partial charge >= 0.3 is 11.8 Å². The quantitative estimate of drug-likeness (QED) is 0.741. The van der Waals surface area contributed by atoms with Gasteiger partial charge in [0.15, 0.2) is 0 Å². The van der Waals surface area contributed by atoms with Crippen molar-refractivity contribution >= 4 is 11.6 Å². The summed E-state index contributed by atoms with van der Waals surface area (Å²) in [6, 6.07) is 19.2. The van der Waals surface area contributed by atoms with E-state index in [2.05, 4.69) is 10.2 Å². The molecule has 0 saturated carbocycles. The number of anilines is 1. The van der Waals surface area contributed by atoms with Crippen LogP contribution in [0.2, 0.25) is 0 Å². The van der Waals surface area contributed by atoms with Crippen molar-refractivity contribution < 1.29 is 9.21 Å². The summed E-state index contributed by atoms with van der Waals surface area (Å²) in [6.07, 6.45) is 0. The van der Waals surface area contributed by atoms with Crippen LogP contribution in [0.15, 0.2) is 65.1 Å². The van der Waals surface area contributed by atoms with Crippen LogP contribution < -0.4 is 4.90 Å². The molecule has 1 amide bonds. The molecule has 0 aliphatic carbocycles. The molecule has 2 aromatic carbocycles. The number of hydrogen-bond donors (Lipinski definition) is 0. The first kappa shape index (κ1) is 14.0. The molecule has 0 saturated heterocycles. The Hall–Kier alpha value is -2.95. The molecule has 1 aromatic heterocycles. The van der Waals surface area contributed by atoms with Gasteiger partial charge in [-0.1, -0.05) is 48.5 Å². The van der Waals surface area contributed by atoms with Gasteiger partial charge < -0.3 is 4.42 Å². The normalized spacial score (nSPS) is 10.4. The van der Waals surface area contributed by atoms with Crippen LogP contribution in [0.5, 0.6) is 0 Å². The fourth-order valence-corrected chi connectivity index (χ4v) is 2.15. The second-order valence-corrected chi connectivity index (χ2v) is 4.84. The van der Waals surface area contributed by atoms with Gasteiger partial charge in [0.2, 0.25) is 5.89 Å². The summed E-state index contributed by atoms with van der Waals surface area (Å²) in [5, 5.41) is 7.55. The van der Waals surface area contributed by atoms with E-state index < -0.39 is 0 Å². The summed E-state index contributed by atoms with van der Waals surface area (Å²) < 4.78 is 5.27. The SMILES string of the molecule is Cc1nnc(C(=O)N(Cc2ccccc2)c2ccccc2)o1. The zero-order chi connectivity index (χ0) is 15.4. The van der Waals surface area contributed by atoms with Gasteiger partial charge in [0.25, 0.3) is 0 Å². The molecule has 0 fully saturated rings. The monoisotopic (exact) mass is 293 g/mol. The number of para-hydroxylation sites is 1. The lowest BCUT2D eigenvalue weighted by atomic mass is 10.2. The molecule has 0 N–H and O–H groups in total. The molecule has 0 unspecified atom stereocenters. The number of amides is 1. The highest BCUT2D eigenvalue weighted by molar-refractivity contribution is 6.02. The van der Waals surface area contributed by atoms with E-state index in [0.717, 1.165) is 11.3 Å². The largest absolute Gasteiger partial charge is 0.417 e. The van der Waals surface area contributed by atoms with E-state index in [9.17, 15) is 4.79 Å². The van der Waals surface area contributed by atoms with Crippen LogP contribution in [-0.2, 0) is 6.54 Å². The van der Waals surface area contributed by atoms with Crippen molar-refractivity contribution in [2.24, 2.45) is 0 Å². The van der Waals surface area contributed by atoms with Crippen LogP contribution in [0.3, 0.4) is 0 Å². The van der Waals surface area contributed by atoms with E-state index in [4.69, 9.17) is 4.42 Å². The molecule has 22 heavy (non-hydrogen) atoms. The van der Waals surface area contributed by atoms with Crippen molar-refractivity contribution in [3.8, 4) is 0 Å². The van der Waals surface area contributed by atoms with Gasteiger partial charge in [-0.15, -0.1) is 10.2 Å². The number of rotatable bonds is 4. The minimum absolute atomic E-state index is 0.00251. The van der Waals surface area contributed by atoms with Gasteiger partial charge in [0.1, 0.15) is 0 Å². The molecule has 0 radical (unpaired) electrons. The molecule has 0 bridgehead atoms. The van der Waals surface area contributed by atoms with Crippen molar-refractivity contribution in [1.82, 2.24) is 10.2 Å². The highest BCUT2D eigenvalue weighted by Gasteiger charge is 2.23. The lowest BCUT2D eigenvalue weighted by Gasteiger charge is -2.21. The van der Waals surface area contributed by atoms with Gasteiger partial charge in [-0.3, -0.25) is 9.69 Å². The number of aryl methyl sites for hydroxylation is 1. The van der Waals surface area contributed by atoms with Crippen molar-refractivity contribution in [2.75, 3.05) is 4.90 Å². The first-order chi connectivity index (χ1) is 10.7. The Morgan fingerprint density at radius 2 is 1.64 bits per heavy atom. The number of carbonyl (C=O) groups excluding carboxylic acids is 1. The third-order valence-electron chi connectivity index (χ3n) is 3.21. The second kappa shape index (κ2) is 6.22. The minimum Gasteiger partial charge on any atom is -0.417 e. The Morgan fingerprint density at radius 3 is 2.23 bits per heavy atom. The van der Waals surface area contributed by atoms with Crippen LogP contribution >= 0.6 is 0 Å². The molecule has 3 aromatic rings. The van der Waals surface area contributed by atoms with Crippen molar-refractivity contribution in [3.05, 3.63) is 78.0 Å². The molecule has 3 rings (SSSR count). The lowest BCUT2D eigenvalue weighted by molar-refractivity contribution is 0.0950. The smallest absolute Gasteiger partial charge is 0.316 e. The van der Waals surface area contributed by atoms with Crippen LogP contribution in [-0.4, -0.2) is 16.1 Å². The first-order valence-electron chi connectivity index (χ1n) is 6.95. The lowest BCUT2D eigenvalue weighted by Crippen LogP contribution is -2.30. The zero-order valence-electron chi connectivity index (χ0n) is 12.1. The molecule has 0 spiro atoms. The standard InChI is InChI=1S/C17H15N3O2/c1-13-18-19-16(22-13)17(21)20(15-10-6-3-7-11-15)12-14-8-4-2-5-9-14/h2-11H,12H2,1H3. The van der Waals surface area contributed by atoms with E-state index in [-0.39, 0.29) is 11.8 Å². The van der Waals surface area contributed by atoms with Gasteiger partial charge in [-0.2, -0.15) is 0 Å². The Morgan fingerprint density at radius 1 is 1.00 bits per heavy atom. The Labute approximate surface area is 128 Å². The fourth-order valence-electron chi connectivity index (χ4n) is 2.15. The molecule has 5 nitrogen and oxygen atoms in total. The van der Waals surface area contributed by atoms with Crippen LogP contribution in [0.25, 0.3) is 0 Å². The fraction of sp³-hybridized carbons (Fsp3) is 0.118. The number of aromatic nitrogens is 2. The predicted molar refractivity (Wildman–Crippen MR) is 82.4 cm³/mol. The second-order valence-electron chi connectivity index (χ2n) is 4.84. The molecule has 0 aliphatic rings. The summed E-state index contributed by atoms with van der Waals surface area (Å²) in [6.45, 7) is 2.10. The minimum atomic E-state index is -0.310. The maximum absolute atomic E-state index is 12.7. The molecule has 0 aliphatic heterocycles. The van der Waals surface area contributed by atoms with Gasteiger partial charge in [-0.05, 0) is 17.7 Å². The van der Waals surface area contributed by atoms with Gasteiger partial charge in [0.05, 0.1) is 6.54 Å². The Kier molecular flexibility index (Phi) is 3.96. The average molecular weight is 293 g/mol. The number of benzene rings is 2. The molecule has 1 heterocycles. The van der Waals surface area contributed by atoms with Gasteiger partial charge in [0, 0.05) is 12.6 Å². The van der Waals surface area contributed by atoms with Crippen molar-refractivity contribution in [3.63, 3.8) is 0 Å². The molecular formula is C17H15N3O2. The summed E-state index contributed by atoms with van der Waals surface area (Å²) in [7, 11) is 0. The first-order valence-corrected chi connectivity index (χ1v) is 6.95. The van der Waals surface area contributed by atoms with E-state index in [1.807, 2.05) is 60.7 Å². The third-order valence-corrected chi connectivity index (χ3v) is 3.21. The summed E-state index contributed by atoms with van der Waals surface area (Å²) >= 11 is 0. The highest BCUT2D eigenvalue weighted by Crippen LogP contribution is 2.19. The molecule has 5 heteroatoms. The Bertz CT molecular complexity index is 754. The number of hydrogen-bond acceptors (Lipinski definition) is 4. The number of carbonyl (C=O) groups is 1. The highest BCUT2D eigenvalue weighted by atomic mass is 16.4. The zero-order valence-corrected chi connectivity index (χ0v) is 12.1. The predicted octanol–water partition coefficient (Wildman–Crippen LogP) is 3.23. The van der Waals surface area contributed by atoms with Crippen LogP contribution in [0, 0.1) is 6.92 Å². The van der Waals surface area contributed by atoms with E-state index >= 15 is 0 Å². The van der Waals surface area contributed by atoms with Crippen LogP contribution in [0.4, 0.5) is 5.69 Å². The maximum Gasteiger partial charge on any atom is 0.316 e. The van der Waals surface area contributed by atoms with E-state index in [1.165, 1.54) is 0 Å². The number of nitrogens with zero attached hydrogens (tertiary/aromatic N) is 3. The van der Waals surface area contributed by atoms with E-state index in [1.54, 1.807) is 11.8 Å². The third kappa shape index (κ3) is 3.03. The molecular weight excluding hydrogens is 278 g/mol. The van der Waals surface area contributed by atoms with Gasteiger partial charge in [-0.25, -0.2) is 0 Å². The van der Waals surface area contributed by atoms with E-state index in [0.29, 0.717) is 12.4 Å². The van der Waals surface area contributed by atoms with Crippen molar-refractivity contribution in [2.45, 2.75) is 13.5 Å². The van der Waals surface area contributed by atoms with Crippen LogP contribution in [0.1, 0.15) is 22.1 Å². The summed E-state index contributed by atoms with van der Waals surface area (Å²) in [5.74, 6) is 0.0593. The maximum atomic E-state index is 12.7. The summed E-state index contributed by atoms with van der Waals surface area (Å²) in [4.78, 5) is 14.3. The van der Waals surface area contributed by atoms with Crippen molar-refractivity contribution in [1.29, 1.82) is 0 Å².